The zero-order valence-corrected chi connectivity index (χ0v) is 7.29. The molecule has 1 heterocycles. The Bertz CT molecular complexity index is 257. The molecule has 0 aliphatic rings. The number of hydrogen-bond acceptors (Lipinski definition) is 2. The lowest BCUT2D eigenvalue weighted by atomic mass is 10.4. The Balaban J connectivity index is 2.57. The fraction of sp³-hybridized carbons (Fsp3) is 0.286. The Hall–Kier alpha value is -1.03. The lowest BCUT2D eigenvalue weighted by Crippen LogP contribution is -2.24. The molecule has 2 amide bonds. The van der Waals surface area contributed by atoms with Crippen LogP contribution in [0.4, 0.5) is 10.5 Å². The molecule has 1 aromatic heterocycles. The molecule has 0 unspecified atom stereocenters. The highest BCUT2D eigenvalue weighted by atomic mass is 32.1. The van der Waals surface area contributed by atoms with Gasteiger partial charge in [-0.05, 0) is 13.0 Å². The summed E-state index contributed by atoms with van der Waals surface area (Å²) in [5, 5.41) is 7.06. The minimum atomic E-state index is -0.178. The van der Waals surface area contributed by atoms with Crippen molar-refractivity contribution in [3.8, 4) is 0 Å². The van der Waals surface area contributed by atoms with Gasteiger partial charge in [0.1, 0.15) is 0 Å². The van der Waals surface area contributed by atoms with E-state index in [9.17, 15) is 4.79 Å². The molecule has 0 fully saturated rings. The van der Waals surface area contributed by atoms with Gasteiger partial charge in [-0.3, -0.25) is 0 Å². The Kier molecular flexibility index (Phi) is 2.48. The normalized spacial score (nSPS) is 9.27. The summed E-state index contributed by atoms with van der Waals surface area (Å²) in [5.74, 6) is 0. The van der Waals surface area contributed by atoms with Gasteiger partial charge in [-0.1, -0.05) is 0 Å². The van der Waals surface area contributed by atoms with Gasteiger partial charge in [-0.15, -0.1) is 11.3 Å². The van der Waals surface area contributed by atoms with Crippen LogP contribution in [0.5, 0.6) is 0 Å². The maximum absolute atomic E-state index is 10.8. The molecular formula is C7H10N2OS. The van der Waals surface area contributed by atoms with Gasteiger partial charge in [0.15, 0.2) is 0 Å². The predicted molar refractivity (Wildman–Crippen MR) is 47.1 cm³/mol. The van der Waals surface area contributed by atoms with Gasteiger partial charge in [0.25, 0.3) is 0 Å². The molecule has 60 valence electrons. The lowest BCUT2D eigenvalue weighted by molar-refractivity contribution is 0.254. The third kappa shape index (κ3) is 2.23. The summed E-state index contributed by atoms with van der Waals surface area (Å²) >= 11 is 1.61. The van der Waals surface area contributed by atoms with Crippen LogP contribution in [0.3, 0.4) is 0 Å². The van der Waals surface area contributed by atoms with E-state index in [0.717, 1.165) is 5.69 Å². The van der Waals surface area contributed by atoms with Crippen molar-refractivity contribution in [2.45, 2.75) is 6.92 Å². The predicted octanol–water partition coefficient (Wildman–Crippen LogP) is 1.81. The molecule has 4 heteroatoms. The molecule has 2 N–H and O–H groups in total. The maximum atomic E-state index is 10.8. The average molecular weight is 170 g/mol. The summed E-state index contributed by atoms with van der Waals surface area (Å²) < 4.78 is 0. The fourth-order valence-corrected chi connectivity index (χ4v) is 1.34. The van der Waals surface area contributed by atoms with E-state index in [1.165, 1.54) is 4.88 Å². The van der Waals surface area contributed by atoms with Crippen LogP contribution in [0.2, 0.25) is 0 Å². The fourth-order valence-electron chi connectivity index (χ4n) is 0.703. The average Bonchev–Trinajstić information content (AvgIpc) is 2.35. The van der Waals surface area contributed by atoms with Crippen LogP contribution in [0.15, 0.2) is 11.4 Å². The van der Waals surface area contributed by atoms with E-state index in [2.05, 4.69) is 10.6 Å². The second kappa shape index (κ2) is 3.39. The number of thiophene rings is 1. The summed E-state index contributed by atoms with van der Waals surface area (Å²) in [4.78, 5) is 12.0. The highest BCUT2D eigenvalue weighted by molar-refractivity contribution is 7.10. The Morgan fingerprint density at radius 1 is 1.64 bits per heavy atom. The molecule has 0 bridgehead atoms. The van der Waals surface area contributed by atoms with Gasteiger partial charge in [0, 0.05) is 17.3 Å². The minimum absolute atomic E-state index is 0.178. The van der Waals surface area contributed by atoms with E-state index < -0.39 is 0 Å². The first-order valence-corrected chi connectivity index (χ1v) is 4.14. The van der Waals surface area contributed by atoms with Crippen LogP contribution in [-0.2, 0) is 0 Å². The number of carbonyl (C=O) groups excluding carboxylic acids is 1. The molecule has 0 saturated carbocycles. The number of aryl methyl sites for hydroxylation is 1. The Labute approximate surface area is 69.4 Å². The molecule has 1 rings (SSSR count). The van der Waals surface area contributed by atoms with Crippen molar-refractivity contribution in [2.75, 3.05) is 12.4 Å². The molecule has 1 aromatic rings. The lowest BCUT2D eigenvalue weighted by Gasteiger charge is -1.98. The maximum Gasteiger partial charge on any atom is 0.319 e. The number of rotatable bonds is 1. The zero-order chi connectivity index (χ0) is 8.27. The molecule has 11 heavy (non-hydrogen) atoms. The Morgan fingerprint density at radius 2 is 2.36 bits per heavy atom. The van der Waals surface area contributed by atoms with Crippen molar-refractivity contribution in [3.63, 3.8) is 0 Å². The van der Waals surface area contributed by atoms with Crippen LogP contribution in [0.1, 0.15) is 4.88 Å². The number of anilines is 1. The molecule has 0 radical (unpaired) electrons. The van der Waals surface area contributed by atoms with Crippen molar-refractivity contribution in [1.29, 1.82) is 0 Å². The summed E-state index contributed by atoms with van der Waals surface area (Å²) in [6, 6.07) is 1.75. The van der Waals surface area contributed by atoms with E-state index in [1.54, 1.807) is 18.4 Å². The highest BCUT2D eigenvalue weighted by Gasteiger charge is 1.98. The van der Waals surface area contributed by atoms with E-state index in [0.29, 0.717) is 0 Å². The summed E-state index contributed by atoms with van der Waals surface area (Å²) in [7, 11) is 1.59. The molecule has 0 atom stereocenters. The first-order chi connectivity index (χ1) is 5.22. The van der Waals surface area contributed by atoms with Crippen molar-refractivity contribution < 1.29 is 4.79 Å². The van der Waals surface area contributed by atoms with Crippen LogP contribution in [0, 0.1) is 6.92 Å². The van der Waals surface area contributed by atoms with Gasteiger partial charge in [0.2, 0.25) is 0 Å². The zero-order valence-electron chi connectivity index (χ0n) is 6.47. The van der Waals surface area contributed by atoms with Crippen molar-refractivity contribution in [1.82, 2.24) is 5.32 Å². The number of urea groups is 1. The second-order valence-electron chi connectivity index (χ2n) is 2.15. The molecule has 0 spiro atoms. The minimum Gasteiger partial charge on any atom is -0.341 e. The summed E-state index contributed by atoms with van der Waals surface area (Å²) in [6.45, 7) is 2.00. The van der Waals surface area contributed by atoms with Crippen LogP contribution >= 0.6 is 11.3 Å². The van der Waals surface area contributed by atoms with Gasteiger partial charge < -0.3 is 10.6 Å². The molecule has 0 aliphatic carbocycles. The van der Waals surface area contributed by atoms with Gasteiger partial charge in [-0.2, -0.15) is 0 Å². The van der Waals surface area contributed by atoms with E-state index in [1.807, 2.05) is 18.4 Å². The topological polar surface area (TPSA) is 41.1 Å². The van der Waals surface area contributed by atoms with E-state index >= 15 is 0 Å². The van der Waals surface area contributed by atoms with Crippen LogP contribution in [-0.4, -0.2) is 13.1 Å². The first kappa shape index (κ1) is 8.07. The Morgan fingerprint density at radius 3 is 2.82 bits per heavy atom. The molecule has 0 aliphatic heterocycles. The number of nitrogens with one attached hydrogen (secondary N) is 2. The third-order valence-corrected chi connectivity index (χ3v) is 2.08. The quantitative estimate of drug-likeness (QED) is 0.663. The number of amides is 2. The SMILES string of the molecule is CNC(=O)Nc1csc(C)c1. The largest absolute Gasteiger partial charge is 0.341 e. The van der Waals surface area contributed by atoms with Crippen molar-refractivity contribution in [3.05, 3.63) is 16.3 Å². The number of hydrogen-bond donors (Lipinski definition) is 2. The molecule has 3 nitrogen and oxygen atoms in total. The monoisotopic (exact) mass is 170 g/mol. The standard InChI is InChI=1S/C7H10N2OS/c1-5-3-6(4-11-5)9-7(10)8-2/h3-4H,1-2H3,(H2,8,9,10). The van der Waals surface area contributed by atoms with Gasteiger partial charge in [-0.25, -0.2) is 4.79 Å². The first-order valence-electron chi connectivity index (χ1n) is 3.26. The molecule has 0 saturated heterocycles. The van der Waals surface area contributed by atoms with Crippen LogP contribution in [0.25, 0.3) is 0 Å². The van der Waals surface area contributed by atoms with E-state index in [4.69, 9.17) is 0 Å². The summed E-state index contributed by atoms with van der Waals surface area (Å²) in [5.41, 5.74) is 0.854. The smallest absolute Gasteiger partial charge is 0.319 e. The summed E-state index contributed by atoms with van der Waals surface area (Å²) in [6.07, 6.45) is 0. The third-order valence-electron chi connectivity index (χ3n) is 1.22. The van der Waals surface area contributed by atoms with Crippen molar-refractivity contribution in [2.24, 2.45) is 0 Å². The number of carbonyl (C=O) groups is 1. The van der Waals surface area contributed by atoms with Crippen molar-refractivity contribution >= 4 is 23.1 Å². The van der Waals surface area contributed by atoms with Gasteiger partial charge in [0.05, 0.1) is 5.69 Å². The van der Waals surface area contributed by atoms with Crippen LogP contribution < -0.4 is 10.6 Å². The second-order valence-corrected chi connectivity index (χ2v) is 3.27. The molecule has 0 aromatic carbocycles. The van der Waals surface area contributed by atoms with Gasteiger partial charge >= 0.3 is 6.03 Å². The van der Waals surface area contributed by atoms with E-state index in [-0.39, 0.29) is 6.03 Å². The highest BCUT2D eigenvalue weighted by Crippen LogP contribution is 2.17. The molecular weight excluding hydrogens is 160 g/mol.